The fourth-order valence-electron chi connectivity index (χ4n) is 1.77. The topological polar surface area (TPSA) is 63.4 Å². The van der Waals surface area contributed by atoms with Crippen LogP contribution in [0, 0.1) is 16.0 Å². The zero-order valence-corrected chi connectivity index (χ0v) is 10.7. The first-order valence-electron chi connectivity index (χ1n) is 5.67. The molecule has 1 fully saturated rings. The molecule has 0 radical (unpaired) electrons. The first kappa shape index (κ1) is 12.8. The molecule has 0 N–H and O–H groups in total. The van der Waals surface area contributed by atoms with Crippen molar-refractivity contribution >= 4 is 23.2 Å². The number of amides is 1. The summed E-state index contributed by atoms with van der Waals surface area (Å²) in [6, 6.07) is 4.26. The van der Waals surface area contributed by atoms with Gasteiger partial charge in [0.25, 0.3) is 5.69 Å². The van der Waals surface area contributed by atoms with Crippen LogP contribution in [-0.4, -0.2) is 22.8 Å². The van der Waals surface area contributed by atoms with Crippen LogP contribution in [0.1, 0.15) is 18.4 Å². The molecule has 0 aromatic heterocycles. The van der Waals surface area contributed by atoms with Gasteiger partial charge in [0.05, 0.1) is 4.92 Å². The largest absolute Gasteiger partial charge is 0.341 e. The molecule has 0 bridgehead atoms. The van der Waals surface area contributed by atoms with Gasteiger partial charge in [-0.05, 0) is 24.5 Å². The van der Waals surface area contributed by atoms with Gasteiger partial charge in [-0.1, -0.05) is 11.6 Å². The van der Waals surface area contributed by atoms with E-state index in [1.807, 2.05) is 0 Å². The highest BCUT2D eigenvalue weighted by molar-refractivity contribution is 6.31. The molecule has 0 unspecified atom stereocenters. The number of hydrogen-bond donors (Lipinski definition) is 0. The van der Waals surface area contributed by atoms with Crippen LogP contribution >= 0.6 is 11.6 Å². The Labute approximate surface area is 109 Å². The van der Waals surface area contributed by atoms with E-state index >= 15 is 0 Å². The van der Waals surface area contributed by atoms with E-state index < -0.39 is 4.92 Å². The molecule has 2 rings (SSSR count). The Hall–Kier alpha value is -1.62. The summed E-state index contributed by atoms with van der Waals surface area (Å²) in [4.78, 5) is 23.6. The average molecular weight is 269 g/mol. The smallest absolute Gasteiger partial charge is 0.269 e. The molecule has 18 heavy (non-hydrogen) atoms. The minimum absolute atomic E-state index is 0.0123. The van der Waals surface area contributed by atoms with E-state index in [-0.39, 0.29) is 17.5 Å². The third-order valence-electron chi connectivity index (χ3n) is 2.95. The molecular weight excluding hydrogens is 256 g/mol. The van der Waals surface area contributed by atoms with E-state index in [4.69, 9.17) is 11.6 Å². The number of carbonyl (C=O) groups is 1. The number of hydrogen-bond acceptors (Lipinski definition) is 3. The van der Waals surface area contributed by atoms with Crippen LogP contribution in [0.15, 0.2) is 18.2 Å². The van der Waals surface area contributed by atoms with Crippen molar-refractivity contribution in [2.24, 2.45) is 5.92 Å². The lowest BCUT2D eigenvalue weighted by Gasteiger charge is -2.17. The van der Waals surface area contributed by atoms with E-state index in [9.17, 15) is 14.9 Å². The molecule has 96 valence electrons. The molecule has 1 aliphatic carbocycles. The fourth-order valence-corrected chi connectivity index (χ4v) is 1.95. The van der Waals surface area contributed by atoms with Crippen LogP contribution in [0.5, 0.6) is 0 Å². The van der Waals surface area contributed by atoms with Gasteiger partial charge in [0.1, 0.15) is 0 Å². The Balaban J connectivity index is 2.14. The lowest BCUT2D eigenvalue weighted by molar-refractivity contribution is -0.384. The normalized spacial score (nSPS) is 14.3. The predicted molar refractivity (Wildman–Crippen MR) is 67.3 cm³/mol. The minimum Gasteiger partial charge on any atom is -0.341 e. The van der Waals surface area contributed by atoms with Crippen LogP contribution < -0.4 is 0 Å². The molecule has 0 spiro atoms. The van der Waals surface area contributed by atoms with Crippen LogP contribution in [0.2, 0.25) is 5.02 Å². The number of halogens is 1. The highest BCUT2D eigenvalue weighted by Gasteiger charge is 2.32. The Morgan fingerprint density at radius 3 is 2.78 bits per heavy atom. The number of nitro benzene ring substituents is 1. The minimum atomic E-state index is -0.470. The van der Waals surface area contributed by atoms with Gasteiger partial charge in [0.2, 0.25) is 5.91 Å². The van der Waals surface area contributed by atoms with Gasteiger partial charge >= 0.3 is 0 Å². The highest BCUT2D eigenvalue weighted by atomic mass is 35.5. The van der Waals surface area contributed by atoms with E-state index in [1.165, 1.54) is 18.2 Å². The predicted octanol–water partition coefficient (Wildman–Crippen LogP) is 2.62. The highest BCUT2D eigenvalue weighted by Crippen LogP contribution is 2.31. The summed E-state index contributed by atoms with van der Waals surface area (Å²) in [6.45, 7) is 0.301. The SMILES string of the molecule is CN(Cc1cc([N+](=O)[O-])ccc1Cl)C(=O)C1CC1. The zero-order chi connectivity index (χ0) is 13.3. The first-order valence-corrected chi connectivity index (χ1v) is 6.04. The maximum absolute atomic E-state index is 11.8. The van der Waals surface area contributed by atoms with Gasteiger partial charge in [-0.25, -0.2) is 0 Å². The summed E-state index contributed by atoms with van der Waals surface area (Å²) in [5.41, 5.74) is 0.587. The van der Waals surface area contributed by atoms with E-state index in [0.717, 1.165) is 12.8 Å². The van der Waals surface area contributed by atoms with Crippen molar-refractivity contribution in [2.75, 3.05) is 7.05 Å². The van der Waals surface area contributed by atoms with Crippen LogP contribution in [0.4, 0.5) is 5.69 Å². The maximum atomic E-state index is 11.8. The molecule has 0 heterocycles. The van der Waals surface area contributed by atoms with Gasteiger partial charge in [-0.2, -0.15) is 0 Å². The summed E-state index contributed by atoms with van der Waals surface area (Å²) in [5.74, 6) is 0.213. The van der Waals surface area contributed by atoms with Gasteiger partial charge < -0.3 is 4.90 Å². The zero-order valence-electron chi connectivity index (χ0n) is 9.93. The van der Waals surface area contributed by atoms with Crippen molar-refractivity contribution < 1.29 is 9.72 Å². The van der Waals surface area contributed by atoms with Gasteiger partial charge in [0.15, 0.2) is 0 Å². The van der Waals surface area contributed by atoms with E-state index in [2.05, 4.69) is 0 Å². The third kappa shape index (κ3) is 2.79. The number of nitro groups is 1. The van der Waals surface area contributed by atoms with E-state index in [0.29, 0.717) is 17.1 Å². The summed E-state index contributed by atoms with van der Waals surface area (Å²) >= 11 is 5.98. The molecule has 5 nitrogen and oxygen atoms in total. The quantitative estimate of drug-likeness (QED) is 0.623. The fraction of sp³-hybridized carbons (Fsp3) is 0.417. The molecular formula is C12H13ClN2O3. The second-order valence-corrected chi connectivity index (χ2v) is 4.91. The van der Waals surface area contributed by atoms with Crippen LogP contribution in [0.3, 0.4) is 0 Å². The lowest BCUT2D eigenvalue weighted by atomic mass is 10.2. The lowest BCUT2D eigenvalue weighted by Crippen LogP contribution is -2.27. The first-order chi connectivity index (χ1) is 8.49. The molecule has 1 aliphatic rings. The molecule has 1 saturated carbocycles. The third-order valence-corrected chi connectivity index (χ3v) is 3.32. The number of non-ortho nitro benzene ring substituents is 1. The monoisotopic (exact) mass is 268 g/mol. The molecule has 0 aliphatic heterocycles. The Kier molecular flexibility index (Phi) is 3.52. The van der Waals surface area contributed by atoms with Crippen molar-refractivity contribution in [1.82, 2.24) is 4.90 Å². The molecule has 0 atom stereocenters. The van der Waals surface area contributed by atoms with Crippen LogP contribution in [0.25, 0.3) is 0 Å². The van der Waals surface area contributed by atoms with E-state index in [1.54, 1.807) is 11.9 Å². The number of benzene rings is 1. The summed E-state index contributed by atoms with van der Waals surface area (Å²) in [6.07, 6.45) is 1.87. The molecule has 1 aromatic rings. The van der Waals surface area contributed by atoms with Crippen molar-refractivity contribution in [3.05, 3.63) is 38.9 Å². The summed E-state index contributed by atoms with van der Waals surface area (Å²) in [7, 11) is 1.69. The molecule has 0 saturated heterocycles. The summed E-state index contributed by atoms with van der Waals surface area (Å²) in [5, 5.41) is 11.1. The van der Waals surface area contributed by atoms with Crippen molar-refractivity contribution in [3.63, 3.8) is 0 Å². The standard InChI is InChI=1S/C12H13ClN2O3/c1-14(12(16)8-2-3-8)7-9-6-10(15(17)18)4-5-11(9)13/h4-6,8H,2-3,7H2,1H3. The Morgan fingerprint density at radius 1 is 1.56 bits per heavy atom. The van der Waals surface area contributed by atoms with Gasteiger partial charge in [-0.15, -0.1) is 0 Å². The van der Waals surface area contributed by atoms with Crippen molar-refractivity contribution in [1.29, 1.82) is 0 Å². The molecule has 1 amide bonds. The second-order valence-electron chi connectivity index (χ2n) is 4.50. The summed E-state index contributed by atoms with van der Waals surface area (Å²) < 4.78 is 0. The maximum Gasteiger partial charge on any atom is 0.269 e. The second kappa shape index (κ2) is 4.94. The van der Waals surface area contributed by atoms with Crippen molar-refractivity contribution in [3.8, 4) is 0 Å². The van der Waals surface area contributed by atoms with Gasteiger partial charge in [-0.3, -0.25) is 14.9 Å². The Morgan fingerprint density at radius 2 is 2.22 bits per heavy atom. The number of carbonyl (C=O) groups excluding carboxylic acids is 1. The van der Waals surface area contributed by atoms with Gasteiger partial charge in [0, 0.05) is 36.7 Å². The van der Waals surface area contributed by atoms with Crippen molar-refractivity contribution in [2.45, 2.75) is 19.4 Å². The van der Waals surface area contributed by atoms with Crippen LogP contribution in [-0.2, 0) is 11.3 Å². The number of rotatable bonds is 4. The average Bonchev–Trinajstić information content (AvgIpc) is 3.14. The molecule has 1 aromatic carbocycles. The Bertz CT molecular complexity index is 500. The molecule has 6 heteroatoms. The number of nitrogens with zero attached hydrogens (tertiary/aromatic N) is 2.